The summed E-state index contributed by atoms with van der Waals surface area (Å²) in [5, 5.41) is 0. The van der Waals surface area contributed by atoms with Gasteiger partial charge in [0.05, 0.1) is 6.04 Å². The zero-order valence-corrected chi connectivity index (χ0v) is 13.3. The number of nitrogens with two attached hydrogens (primary N) is 1. The molecule has 0 saturated heterocycles. The van der Waals surface area contributed by atoms with Crippen LogP contribution >= 0.6 is 0 Å². The SMILES string of the molecule is CCN(C(=O)OC(C)(C)C)C(CN)C1CC(C)(C)C1. The topological polar surface area (TPSA) is 55.6 Å². The highest BCUT2D eigenvalue weighted by Gasteiger charge is 2.43. The fourth-order valence-electron chi connectivity index (χ4n) is 3.03. The molecule has 1 aliphatic rings. The Balaban J connectivity index is 2.68. The Labute approximate surface area is 117 Å². The van der Waals surface area contributed by atoms with Crippen molar-refractivity contribution < 1.29 is 9.53 Å². The fraction of sp³-hybridized carbons (Fsp3) is 0.933. The highest BCUT2D eigenvalue weighted by atomic mass is 16.6. The van der Waals surface area contributed by atoms with Crippen LogP contribution in [0.5, 0.6) is 0 Å². The molecule has 1 unspecified atom stereocenters. The number of rotatable bonds is 4. The second kappa shape index (κ2) is 5.70. The summed E-state index contributed by atoms with van der Waals surface area (Å²) in [5.41, 5.74) is 5.84. The van der Waals surface area contributed by atoms with Gasteiger partial charge in [0.2, 0.25) is 0 Å². The Morgan fingerprint density at radius 3 is 2.26 bits per heavy atom. The Morgan fingerprint density at radius 1 is 1.42 bits per heavy atom. The minimum Gasteiger partial charge on any atom is -0.444 e. The molecule has 1 atom stereocenters. The Kier molecular flexibility index (Phi) is 4.88. The van der Waals surface area contributed by atoms with E-state index in [1.54, 1.807) is 4.90 Å². The summed E-state index contributed by atoms with van der Waals surface area (Å²) in [6.45, 7) is 13.3. The summed E-state index contributed by atoms with van der Waals surface area (Å²) >= 11 is 0. The van der Waals surface area contributed by atoms with Crippen LogP contribution in [0.2, 0.25) is 0 Å². The van der Waals surface area contributed by atoms with Gasteiger partial charge < -0.3 is 15.4 Å². The van der Waals surface area contributed by atoms with E-state index in [-0.39, 0.29) is 12.1 Å². The molecule has 4 nitrogen and oxygen atoms in total. The fourth-order valence-corrected chi connectivity index (χ4v) is 3.03. The summed E-state index contributed by atoms with van der Waals surface area (Å²) < 4.78 is 5.48. The molecule has 112 valence electrons. The number of likely N-dealkylation sites (N-methyl/N-ethyl adjacent to an activating group) is 1. The predicted octanol–water partition coefficient (Wildman–Crippen LogP) is 3.01. The van der Waals surface area contributed by atoms with Crippen LogP contribution in [0.15, 0.2) is 0 Å². The van der Waals surface area contributed by atoms with E-state index in [9.17, 15) is 4.79 Å². The van der Waals surface area contributed by atoms with Crippen molar-refractivity contribution in [3.8, 4) is 0 Å². The lowest BCUT2D eigenvalue weighted by Crippen LogP contribution is -2.54. The number of amides is 1. The van der Waals surface area contributed by atoms with E-state index in [1.165, 1.54) is 0 Å². The van der Waals surface area contributed by atoms with Gasteiger partial charge in [-0.2, -0.15) is 0 Å². The van der Waals surface area contributed by atoms with Gasteiger partial charge in [0.25, 0.3) is 0 Å². The lowest BCUT2D eigenvalue weighted by atomic mass is 9.62. The van der Waals surface area contributed by atoms with Crippen LogP contribution in [0, 0.1) is 11.3 Å². The number of hydrogen-bond donors (Lipinski definition) is 1. The lowest BCUT2D eigenvalue weighted by molar-refractivity contribution is -0.0145. The zero-order valence-electron chi connectivity index (χ0n) is 13.3. The second-order valence-electron chi connectivity index (χ2n) is 7.40. The van der Waals surface area contributed by atoms with Gasteiger partial charge in [-0.15, -0.1) is 0 Å². The number of hydrogen-bond acceptors (Lipinski definition) is 3. The van der Waals surface area contributed by atoms with Crippen LogP contribution in [0.1, 0.15) is 54.4 Å². The number of ether oxygens (including phenoxy) is 1. The average Bonchev–Trinajstić information content (AvgIpc) is 2.19. The van der Waals surface area contributed by atoms with Gasteiger partial charge in [0.1, 0.15) is 5.60 Å². The third-order valence-corrected chi connectivity index (χ3v) is 3.78. The molecule has 1 aliphatic carbocycles. The van der Waals surface area contributed by atoms with Gasteiger partial charge >= 0.3 is 6.09 Å². The van der Waals surface area contributed by atoms with Crippen molar-refractivity contribution in [2.75, 3.05) is 13.1 Å². The first-order chi connectivity index (χ1) is 8.59. The van der Waals surface area contributed by atoms with E-state index in [1.807, 2.05) is 27.7 Å². The van der Waals surface area contributed by atoms with Crippen LogP contribution in [0.3, 0.4) is 0 Å². The molecule has 1 fully saturated rings. The van der Waals surface area contributed by atoms with Gasteiger partial charge in [-0.1, -0.05) is 13.8 Å². The molecule has 2 N–H and O–H groups in total. The molecule has 0 aromatic heterocycles. The summed E-state index contributed by atoms with van der Waals surface area (Å²) in [5.74, 6) is 0.507. The molecule has 0 aliphatic heterocycles. The molecule has 1 rings (SSSR count). The number of nitrogens with zero attached hydrogens (tertiary/aromatic N) is 1. The molecule has 0 bridgehead atoms. The smallest absolute Gasteiger partial charge is 0.410 e. The lowest BCUT2D eigenvalue weighted by Gasteiger charge is -2.49. The van der Waals surface area contributed by atoms with Gasteiger partial charge in [-0.05, 0) is 51.9 Å². The number of carbonyl (C=O) groups excluding carboxylic acids is 1. The van der Waals surface area contributed by atoms with E-state index >= 15 is 0 Å². The molecule has 0 radical (unpaired) electrons. The summed E-state index contributed by atoms with van der Waals surface area (Å²) in [6.07, 6.45) is 2.03. The van der Waals surface area contributed by atoms with Crippen LogP contribution < -0.4 is 5.73 Å². The summed E-state index contributed by atoms with van der Waals surface area (Å²) in [4.78, 5) is 14.0. The maximum Gasteiger partial charge on any atom is 0.410 e. The van der Waals surface area contributed by atoms with Crippen LogP contribution in [-0.2, 0) is 4.74 Å². The molecule has 19 heavy (non-hydrogen) atoms. The quantitative estimate of drug-likeness (QED) is 0.854. The molecule has 0 heterocycles. The summed E-state index contributed by atoms with van der Waals surface area (Å²) in [6, 6.07) is 0.105. The van der Waals surface area contributed by atoms with Crippen molar-refractivity contribution in [2.45, 2.75) is 66.0 Å². The molecule has 1 saturated carbocycles. The Morgan fingerprint density at radius 2 is 1.95 bits per heavy atom. The van der Waals surface area contributed by atoms with Gasteiger partial charge in [0, 0.05) is 13.1 Å². The van der Waals surface area contributed by atoms with Crippen molar-refractivity contribution in [1.82, 2.24) is 4.90 Å². The standard InChI is InChI=1S/C15H30N2O2/c1-7-17(13(18)19-14(2,3)4)12(10-16)11-8-15(5,6)9-11/h11-12H,7-10,16H2,1-6H3. The predicted molar refractivity (Wildman–Crippen MR) is 78.0 cm³/mol. The van der Waals surface area contributed by atoms with E-state index < -0.39 is 5.60 Å². The van der Waals surface area contributed by atoms with E-state index in [4.69, 9.17) is 10.5 Å². The van der Waals surface area contributed by atoms with Gasteiger partial charge in [0.15, 0.2) is 0 Å². The van der Waals surface area contributed by atoms with Crippen molar-refractivity contribution in [2.24, 2.45) is 17.1 Å². The minimum absolute atomic E-state index is 0.105. The Bertz CT molecular complexity index is 313. The maximum atomic E-state index is 12.2. The van der Waals surface area contributed by atoms with E-state index in [0.717, 1.165) is 12.8 Å². The third-order valence-electron chi connectivity index (χ3n) is 3.78. The molecular formula is C15H30N2O2. The molecular weight excluding hydrogens is 240 g/mol. The van der Waals surface area contributed by atoms with E-state index in [2.05, 4.69) is 13.8 Å². The van der Waals surface area contributed by atoms with Crippen molar-refractivity contribution in [3.05, 3.63) is 0 Å². The normalized spacial score (nSPS) is 20.6. The maximum absolute atomic E-state index is 12.2. The van der Waals surface area contributed by atoms with Gasteiger partial charge in [-0.25, -0.2) is 4.79 Å². The molecule has 1 amide bonds. The van der Waals surface area contributed by atoms with Crippen LogP contribution in [0.25, 0.3) is 0 Å². The molecule has 0 spiro atoms. The average molecular weight is 270 g/mol. The summed E-state index contributed by atoms with van der Waals surface area (Å²) in [7, 11) is 0. The largest absolute Gasteiger partial charge is 0.444 e. The molecule has 0 aromatic carbocycles. The zero-order chi connectivity index (χ0) is 14.8. The van der Waals surface area contributed by atoms with Crippen LogP contribution in [0.4, 0.5) is 4.79 Å². The van der Waals surface area contributed by atoms with Gasteiger partial charge in [-0.3, -0.25) is 0 Å². The second-order valence-corrected chi connectivity index (χ2v) is 7.40. The first kappa shape index (κ1) is 16.3. The molecule has 4 heteroatoms. The highest BCUT2D eigenvalue weighted by molar-refractivity contribution is 5.68. The first-order valence-electron chi connectivity index (χ1n) is 7.29. The monoisotopic (exact) mass is 270 g/mol. The van der Waals surface area contributed by atoms with Crippen LogP contribution in [-0.4, -0.2) is 35.7 Å². The van der Waals surface area contributed by atoms with E-state index in [0.29, 0.717) is 24.4 Å². The molecule has 0 aromatic rings. The third kappa shape index (κ3) is 4.37. The van der Waals surface area contributed by atoms with Crippen molar-refractivity contribution in [3.63, 3.8) is 0 Å². The minimum atomic E-state index is -0.456. The highest BCUT2D eigenvalue weighted by Crippen LogP contribution is 2.47. The first-order valence-corrected chi connectivity index (χ1v) is 7.29. The number of carbonyl (C=O) groups is 1. The Hall–Kier alpha value is -0.770. The van der Waals surface area contributed by atoms with Crippen molar-refractivity contribution >= 4 is 6.09 Å². The van der Waals surface area contributed by atoms with Crippen molar-refractivity contribution in [1.29, 1.82) is 0 Å².